The number of nitrogens with zero attached hydrogens (tertiary/aromatic N) is 2. The first-order chi connectivity index (χ1) is 9.65. The number of aromatic nitrogens is 1. The highest BCUT2D eigenvalue weighted by molar-refractivity contribution is 6.05. The minimum absolute atomic E-state index is 0.0636. The van der Waals surface area contributed by atoms with E-state index >= 15 is 0 Å². The number of benzene rings is 1. The summed E-state index contributed by atoms with van der Waals surface area (Å²) in [5, 5.41) is 0. The second-order valence-corrected chi connectivity index (χ2v) is 4.62. The molecule has 4 nitrogen and oxygen atoms in total. The topological polar surface area (TPSA) is 59.2 Å². The van der Waals surface area contributed by atoms with E-state index in [0.717, 1.165) is 12.1 Å². The van der Waals surface area contributed by atoms with Gasteiger partial charge in [0.25, 0.3) is 5.91 Å². The maximum Gasteiger partial charge on any atom is 0.258 e. The normalized spacial score (nSPS) is 10.3. The maximum absolute atomic E-state index is 12.4. The molecule has 0 radical (unpaired) electrons. The van der Waals surface area contributed by atoms with Crippen molar-refractivity contribution in [3.8, 4) is 0 Å². The van der Waals surface area contributed by atoms with E-state index in [4.69, 9.17) is 5.73 Å². The fraction of sp³-hybridized carbons (Fsp3) is 0.250. The smallest absolute Gasteiger partial charge is 0.258 e. The van der Waals surface area contributed by atoms with E-state index in [1.807, 2.05) is 24.3 Å². The quantitative estimate of drug-likeness (QED) is 0.927. The van der Waals surface area contributed by atoms with Crippen LogP contribution in [-0.2, 0) is 13.0 Å². The number of hydrogen-bond donors (Lipinski definition) is 1. The molecule has 1 aromatic carbocycles. The molecule has 0 aliphatic heterocycles. The highest BCUT2D eigenvalue weighted by atomic mass is 16.2. The Morgan fingerprint density at radius 1 is 1.25 bits per heavy atom. The summed E-state index contributed by atoms with van der Waals surface area (Å²) in [5.41, 5.74) is 8.99. The summed E-state index contributed by atoms with van der Waals surface area (Å²) in [6.07, 6.45) is 2.60. The standard InChI is InChI=1S/C16H19N3O/c1-3-12-4-6-15(7-5-12)19(2)16(20)13-8-9-18-14(10-13)11-17/h4-10H,3,11,17H2,1-2H3. The van der Waals surface area contributed by atoms with E-state index in [2.05, 4.69) is 11.9 Å². The molecule has 0 atom stereocenters. The van der Waals surface area contributed by atoms with E-state index < -0.39 is 0 Å². The molecule has 0 aliphatic rings. The maximum atomic E-state index is 12.4. The van der Waals surface area contributed by atoms with Crippen molar-refractivity contribution in [1.82, 2.24) is 4.98 Å². The van der Waals surface area contributed by atoms with Gasteiger partial charge in [-0.05, 0) is 36.2 Å². The second-order valence-electron chi connectivity index (χ2n) is 4.62. The van der Waals surface area contributed by atoms with Crippen LogP contribution in [-0.4, -0.2) is 17.9 Å². The van der Waals surface area contributed by atoms with Gasteiger partial charge in [-0.1, -0.05) is 19.1 Å². The molecule has 1 heterocycles. The molecule has 4 heteroatoms. The molecule has 1 amide bonds. The van der Waals surface area contributed by atoms with Crippen LogP contribution in [0.2, 0.25) is 0 Å². The van der Waals surface area contributed by atoms with Gasteiger partial charge in [-0.15, -0.1) is 0 Å². The van der Waals surface area contributed by atoms with Crippen LogP contribution in [0, 0.1) is 0 Å². The van der Waals surface area contributed by atoms with Gasteiger partial charge in [0.05, 0.1) is 5.69 Å². The van der Waals surface area contributed by atoms with Crippen molar-refractivity contribution in [2.24, 2.45) is 5.73 Å². The van der Waals surface area contributed by atoms with E-state index in [9.17, 15) is 4.79 Å². The van der Waals surface area contributed by atoms with Crippen LogP contribution < -0.4 is 10.6 Å². The summed E-state index contributed by atoms with van der Waals surface area (Å²) < 4.78 is 0. The summed E-state index contributed by atoms with van der Waals surface area (Å²) in [4.78, 5) is 18.2. The van der Waals surface area contributed by atoms with E-state index in [-0.39, 0.29) is 5.91 Å². The van der Waals surface area contributed by atoms with Gasteiger partial charge in [-0.3, -0.25) is 9.78 Å². The zero-order valence-corrected chi connectivity index (χ0v) is 11.8. The third-order valence-electron chi connectivity index (χ3n) is 3.31. The highest BCUT2D eigenvalue weighted by Gasteiger charge is 2.13. The Bertz CT molecular complexity index is 593. The summed E-state index contributed by atoms with van der Waals surface area (Å²) in [7, 11) is 1.77. The Morgan fingerprint density at radius 2 is 1.95 bits per heavy atom. The minimum Gasteiger partial charge on any atom is -0.325 e. The van der Waals surface area contributed by atoms with Gasteiger partial charge in [-0.2, -0.15) is 0 Å². The van der Waals surface area contributed by atoms with Crippen LogP contribution in [0.15, 0.2) is 42.6 Å². The Labute approximate surface area is 119 Å². The van der Waals surface area contributed by atoms with Gasteiger partial charge in [0.2, 0.25) is 0 Å². The molecule has 2 aromatic rings. The molecule has 0 spiro atoms. The van der Waals surface area contributed by atoms with Crippen LogP contribution >= 0.6 is 0 Å². The van der Waals surface area contributed by atoms with E-state index in [0.29, 0.717) is 17.8 Å². The van der Waals surface area contributed by atoms with E-state index in [1.54, 1.807) is 30.3 Å². The van der Waals surface area contributed by atoms with Crippen molar-refractivity contribution in [2.75, 3.05) is 11.9 Å². The number of rotatable bonds is 4. The van der Waals surface area contributed by atoms with Crippen molar-refractivity contribution in [2.45, 2.75) is 19.9 Å². The lowest BCUT2D eigenvalue weighted by atomic mass is 10.1. The van der Waals surface area contributed by atoms with Crippen molar-refractivity contribution in [3.63, 3.8) is 0 Å². The molecule has 0 saturated carbocycles. The van der Waals surface area contributed by atoms with Gasteiger partial charge < -0.3 is 10.6 Å². The van der Waals surface area contributed by atoms with Gasteiger partial charge in [0, 0.05) is 31.0 Å². The lowest BCUT2D eigenvalue weighted by molar-refractivity contribution is 0.0993. The molecule has 1 aromatic heterocycles. The van der Waals surface area contributed by atoms with Gasteiger partial charge >= 0.3 is 0 Å². The zero-order chi connectivity index (χ0) is 14.5. The van der Waals surface area contributed by atoms with Gasteiger partial charge in [0.15, 0.2) is 0 Å². The molecule has 0 fully saturated rings. The Morgan fingerprint density at radius 3 is 2.55 bits per heavy atom. The molecule has 0 aliphatic carbocycles. The molecule has 0 bridgehead atoms. The van der Waals surface area contributed by atoms with Gasteiger partial charge in [-0.25, -0.2) is 0 Å². The number of nitrogens with two attached hydrogens (primary N) is 1. The van der Waals surface area contributed by atoms with Crippen LogP contribution in [0.1, 0.15) is 28.5 Å². The highest BCUT2D eigenvalue weighted by Crippen LogP contribution is 2.17. The fourth-order valence-corrected chi connectivity index (χ4v) is 1.99. The van der Waals surface area contributed by atoms with Gasteiger partial charge in [0.1, 0.15) is 0 Å². The first kappa shape index (κ1) is 14.2. The zero-order valence-electron chi connectivity index (χ0n) is 11.8. The predicted molar refractivity (Wildman–Crippen MR) is 80.7 cm³/mol. The molecule has 20 heavy (non-hydrogen) atoms. The average Bonchev–Trinajstić information content (AvgIpc) is 2.53. The third kappa shape index (κ3) is 3.03. The van der Waals surface area contributed by atoms with Crippen LogP contribution in [0.25, 0.3) is 0 Å². The van der Waals surface area contributed by atoms with Crippen molar-refractivity contribution in [3.05, 3.63) is 59.4 Å². The van der Waals surface area contributed by atoms with Crippen molar-refractivity contribution >= 4 is 11.6 Å². The first-order valence-electron chi connectivity index (χ1n) is 6.67. The summed E-state index contributed by atoms with van der Waals surface area (Å²) in [6, 6.07) is 11.4. The third-order valence-corrected chi connectivity index (χ3v) is 3.31. The molecule has 0 unspecified atom stereocenters. The van der Waals surface area contributed by atoms with Crippen LogP contribution in [0.5, 0.6) is 0 Å². The SMILES string of the molecule is CCc1ccc(N(C)C(=O)c2ccnc(CN)c2)cc1. The Kier molecular flexibility index (Phi) is 4.48. The largest absolute Gasteiger partial charge is 0.325 e. The van der Waals surface area contributed by atoms with Crippen molar-refractivity contribution < 1.29 is 4.79 Å². The number of carbonyl (C=O) groups is 1. The first-order valence-corrected chi connectivity index (χ1v) is 6.67. The lowest BCUT2D eigenvalue weighted by Crippen LogP contribution is -2.26. The van der Waals surface area contributed by atoms with Crippen LogP contribution in [0.3, 0.4) is 0 Å². The molecule has 2 rings (SSSR count). The number of anilines is 1. The summed E-state index contributed by atoms with van der Waals surface area (Å²) in [5.74, 6) is -0.0636. The molecule has 0 saturated heterocycles. The summed E-state index contributed by atoms with van der Waals surface area (Å²) in [6.45, 7) is 2.44. The molecule has 2 N–H and O–H groups in total. The number of aryl methyl sites for hydroxylation is 1. The molecular formula is C16H19N3O. The Hall–Kier alpha value is -2.20. The lowest BCUT2D eigenvalue weighted by Gasteiger charge is -2.18. The van der Waals surface area contributed by atoms with E-state index in [1.165, 1.54) is 5.56 Å². The molecular weight excluding hydrogens is 250 g/mol. The number of carbonyl (C=O) groups excluding carboxylic acids is 1. The number of pyridine rings is 1. The average molecular weight is 269 g/mol. The summed E-state index contributed by atoms with van der Waals surface area (Å²) >= 11 is 0. The van der Waals surface area contributed by atoms with Crippen LogP contribution in [0.4, 0.5) is 5.69 Å². The fourth-order valence-electron chi connectivity index (χ4n) is 1.99. The number of amides is 1. The van der Waals surface area contributed by atoms with Crippen molar-refractivity contribution in [1.29, 1.82) is 0 Å². The Balaban J connectivity index is 2.22. The minimum atomic E-state index is -0.0636. The molecule has 104 valence electrons. The number of hydrogen-bond acceptors (Lipinski definition) is 3. The second kappa shape index (κ2) is 6.30. The monoisotopic (exact) mass is 269 g/mol. The predicted octanol–water partition coefficient (Wildman–Crippen LogP) is 2.38.